The van der Waals surface area contributed by atoms with Gasteiger partial charge in [-0.1, -0.05) is 12.1 Å². The lowest BCUT2D eigenvalue weighted by Crippen LogP contribution is -2.47. The van der Waals surface area contributed by atoms with Crippen LogP contribution in [0.4, 0.5) is 0 Å². The molecule has 5 nitrogen and oxygen atoms in total. The fourth-order valence-corrected chi connectivity index (χ4v) is 4.84. The molecular formula is C19H23N3O2S. The molecule has 6 heteroatoms. The second kappa shape index (κ2) is 6.42. The normalized spacial score (nSPS) is 22.6. The van der Waals surface area contributed by atoms with Crippen LogP contribution in [0.2, 0.25) is 0 Å². The molecule has 1 atom stereocenters. The van der Waals surface area contributed by atoms with Crippen molar-refractivity contribution >= 4 is 17.2 Å². The summed E-state index contributed by atoms with van der Waals surface area (Å²) in [5.41, 5.74) is 3.27. The quantitative estimate of drug-likeness (QED) is 0.914. The SMILES string of the molecule is CC(=O)NC1(c2nc(C)cs2)CCN(Cc2ccc3c(c2)CCO3)C1. The largest absolute Gasteiger partial charge is 0.493 e. The first-order valence-corrected chi connectivity index (χ1v) is 9.60. The standard InChI is InChI=1S/C19H23N3O2S/c1-13-11-25-18(20-13)19(21-14(2)23)6-7-22(12-19)10-15-3-4-17-16(9-15)5-8-24-17/h3-4,9,11H,5-8,10,12H2,1-2H3,(H,21,23). The van der Waals surface area contributed by atoms with E-state index >= 15 is 0 Å². The van der Waals surface area contributed by atoms with Crippen LogP contribution in [0.3, 0.4) is 0 Å². The van der Waals surface area contributed by atoms with Crippen molar-refractivity contribution in [3.05, 3.63) is 45.4 Å². The molecule has 1 aromatic carbocycles. The van der Waals surface area contributed by atoms with Gasteiger partial charge in [-0.25, -0.2) is 4.98 Å². The van der Waals surface area contributed by atoms with Crippen molar-refractivity contribution in [2.75, 3.05) is 19.7 Å². The van der Waals surface area contributed by atoms with E-state index in [1.165, 1.54) is 11.1 Å². The number of aryl methyl sites for hydroxylation is 1. The van der Waals surface area contributed by atoms with Crippen LogP contribution in [-0.2, 0) is 23.3 Å². The number of hydrogen-bond acceptors (Lipinski definition) is 5. The second-order valence-corrected chi connectivity index (χ2v) is 7.92. The summed E-state index contributed by atoms with van der Waals surface area (Å²) in [4.78, 5) is 18.9. The van der Waals surface area contributed by atoms with Gasteiger partial charge in [0.05, 0.1) is 6.61 Å². The molecule has 4 rings (SSSR count). The Balaban J connectivity index is 1.52. The van der Waals surface area contributed by atoms with Crippen LogP contribution < -0.4 is 10.1 Å². The number of carbonyl (C=O) groups is 1. The Morgan fingerprint density at radius 2 is 2.36 bits per heavy atom. The third-order valence-corrected chi connectivity index (χ3v) is 6.12. The molecule has 1 saturated heterocycles. The molecule has 2 aliphatic heterocycles. The Hall–Kier alpha value is -1.92. The molecular weight excluding hydrogens is 334 g/mol. The molecule has 1 amide bonds. The third-order valence-electron chi connectivity index (χ3n) is 4.95. The fraction of sp³-hybridized carbons (Fsp3) is 0.474. The molecule has 2 aliphatic rings. The van der Waals surface area contributed by atoms with Crippen molar-refractivity contribution in [1.29, 1.82) is 0 Å². The van der Waals surface area contributed by atoms with E-state index in [0.717, 1.165) is 55.5 Å². The lowest BCUT2D eigenvalue weighted by molar-refractivity contribution is -0.120. The Bertz CT molecular complexity index is 804. The first-order chi connectivity index (χ1) is 12.0. The van der Waals surface area contributed by atoms with E-state index in [-0.39, 0.29) is 11.4 Å². The van der Waals surface area contributed by atoms with E-state index in [1.807, 2.05) is 6.92 Å². The molecule has 25 heavy (non-hydrogen) atoms. The van der Waals surface area contributed by atoms with Crippen molar-refractivity contribution < 1.29 is 9.53 Å². The van der Waals surface area contributed by atoms with E-state index in [2.05, 4.69) is 38.8 Å². The second-order valence-electron chi connectivity index (χ2n) is 7.06. The number of amides is 1. The summed E-state index contributed by atoms with van der Waals surface area (Å²) < 4.78 is 5.59. The monoisotopic (exact) mass is 357 g/mol. The molecule has 1 N–H and O–H groups in total. The van der Waals surface area contributed by atoms with E-state index in [0.29, 0.717) is 0 Å². The summed E-state index contributed by atoms with van der Waals surface area (Å²) in [5, 5.41) is 6.27. The number of fused-ring (bicyclic) bond motifs is 1. The van der Waals surface area contributed by atoms with Crippen molar-refractivity contribution in [2.24, 2.45) is 0 Å². The van der Waals surface area contributed by atoms with E-state index in [4.69, 9.17) is 4.74 Å². The number of benzene rings is 1. The average molecular weight is 357 g/mol. The summed E-state index contributed by atoms with van der Waals surface area (Å²) in [6.07, 6.45) is 1.89. The van der Waals surface area contributed by atoms with Gasteiger partial charge in [-0.15, -0.1) is 11.3 Å². The van der Waals surface area contributed by atoms with E-state index in [1.54, 1.807) is 18.3 Å². The van der Waals surface area contributed by atoms with Crippen molar-refractivity contribution in [3.8, 4) is 5.75 Å². The van der Waals surface area contributed by atoms with Gasteiger partial charge in [0.25, 0.3) is 0 Å². The van der Waals surface area contributed by atoms with Gasteiger partial charge in [-0.2, -0.15) is 0 Å². The van der Waals surface area contributed by atoms with Gasteiger partial charge < -0.3 is 10.1 Å². The van der Waals surface area contributed by atoms with Crippen LogP contribution in [0.25, 0.3) is 0 Å². The van der Waals surface area contributed by atoms with Gasteiger partial charge in [0.2, 0.25) is 5.91 Å². The summed E-state index contributed by atoms with van der Waals surface area (Å²) in [5.74, 6) is 1.03. The number of thiazole rings is 1. The molecule has 1 unspecified atom stereocenters. The van der Waals surface area contributed by atoms with Crippen molar-refractivity contribution in [2.45, 2.75) is 38.8 Å². The Labute approximate surface area is 152 Å². The fourth-order valence-electron chi connectivity index (χ4n) is 3.86. The Morgan fingerprint density at radius 1 is 1.48 bits per heavy atom. The highest BCUT2D eigenvalue weighted by Gasteiger charge is 2.42. The zero-order chi connectivity index (χ0) is 17.4. The minimum absolute atomic E-state index is 0.00406. The highest BCUT2D eigenvalue weighted by molar-refractivity contribution is 7.09. The van der Waals surface area contributed by atoms with Gasteiger partial charge in [0.15, 0.2) is 0 Å². The molecule has 1 aromatic heterocycles. The van der Waals surface area contributed by atoms with Gasteiger partial charge in [-0.3, -0.25) is 9.69 Å². The topological polar surface area (TPSA) is 54.5 Å². The van der Waals surface area contributed by atoms with Crippen LogP contribution in [0.15, 0.2) is 23.6 Å². The van der Waals surface area contributed by atoms with Crippen LogP contribution in [-0.4, -0.2) is 35.5 Å². The number of likely N-dealkylation sites (tertiary alicyclic amines) is 1. The number of aromatic nitrogens is 1. The van der Waals surface area contributed by atoms with Crippen LogP contribution in [0.5, 0.6) is 5.75 Å². The third kappa shape index (κ3) is 3.28. The molecule has 3 heterocycles. The maximum Gasteiger partial charge on any atom is 0.217 e. The highest BCUT2D eigenvalue weighted by atomic mass is 32.1. The summed E-state index contributed by atoms with van der Waals surface area (Å²) in [7, 11) is 0. The van der Waals surface area contributed by atoms with Crippen LogP contribution in [0, 0.1) is 6.92 Å². The maximum absolute atomic E-state index is 11.8. The van der Waals surface area contributed by atoms with E-state index < -0.39 is 0 Å². The highest BCUT2D eigenvalue weighted by Crippen LogP contribution is 2.35. The van der Waals surface area contributed by atoms with Gasteiger partial charge in [0.1, 0.15) is 16.3 Å². The number of hydrogen-bond donors (Lipinski definition) is 1. The lowest BCUT2D eigenvalue weighted by atomic mass is 9.99. The molecule has 0 spiro atoms. The van der Waals surface area contributed by atoms with Crippen LogP contribution >= 0.6 is 11.3 Å². The smallest absolute Gasteiger partial charge is 0.217 e. The molecule has 0 aliphatic carbocycles. The van der Waals surface area contributed by atoms with Gasteiger partial charge in [0, 0.05) is 44.1 Å². The van der Waals surface area contributed by atoms with Crippen LogP contribution in [0.1, 0.15) is 35.2 Å². The Morgan fingerprint density at radius 3 is 3.12 bits per heavy atom. The summed E-state index contributed by atoms with van der Waals surface area (Å²) in [6.45, 7) is 7.02. The zero-order valence-corrected chi connectivity index (χ0v) is 15.5. The summed E-state index contributed by atoms with van der Waals surface area (Å²) in [6, 6.07) is 6.49. The zero-order valence-electron chi connectivity index (χ0n) is 14.7. The summed E-state index contributed by atoms with van der Waals surface area (Å²) >= 11 is 1.64. The first-order valence-electron chi connectivity index (χ1n) is 8.72. The average Bonchev–Trinajstić information content (AvgIpc) is 3.27. The molecule has 132 valence electrons. The number of nitrogens with one attached hydrogen (secondary N) is 1. The molecule has 2 aromatic rings. The van der Waals surface area contributed by atoms with Crippen molar-refractivity contribution in [1.82, 2.24) is 15.2 Å². The first kappa shape index (κ1) is 16.5. The maximum atomic E-state index is 11.8. The number of ether oxygens (including phenoxy) is 1. The molecule has 0 bridgehead atoms. The number of nitrogens with zero attached hydrogens (tertiary/aromatic N) is 2. The lowest BCUT2D eigenvalue weighted by Gasteiger charge is -2.28. The van der Waals surface area contributed by atoms with Crippen molar-refractivity contribution in [3.63, 3.8) is 0 Å². The van der Waals surface area contributed by atoms with Gasteiger partial charge in [-0.05, 0) is 30.5 Å². The Kier molecular flexibility index (Phi) is 4.25. The molecule has 0 radical (unpaired) electrons. The predicted molar refractivity (Wildman–Crippen MR) is 97.9 cm³/mol. The molecule has 1 fully saturated rings. The minimum atomic E-state index is -0.357. The van der Waals surface area contributed by atoms with E-state index in [9.17, 15) is 4.79 Å². The number of rotatable bonds is 4. The minimum Gasteiger partial charge on any atom is -0.493 e. The predicted octanol–water partition coefficient (Wildman–Crippen LogP) is 2.62. The van der Waals surface area contributed by atoms with Gasteiger partial charge >= 0.3 is 0 Å². The molecule has 0 saturated carbocycles. The number of carbonyl (C=O) groups excluding carboxylic acids is 1.